The van der Waals surface area contributed by atoms with E-state index in [1.807, 2.05) is 6.07 Å². The molecule has 0 atom stereocenters. The molecule has 2 heterocycles. The van der Waals surface area contributed by atoms with Gasteiger partial charge in [0.25, 0.3) is 0 Å². The largest absolute Gasteiger partial charge is 0.508 e. The van der Waals surface area contributed by atoms with Crippen LogP contribution < -0.4 is 0 Å². The molecule has 0 aliphatic carbocycles. The number of thiophene rings is 1. The Morgan fingerprint density at radius 3 is 2.56 bits per heavy atom. The normalized spacial score (nSPS) is 11.9. The molecule has 4 aromatic rings. The zero-order valence-electron chi connectivity index (χ0n) is 14.7. The van der Waals surface area contributed by atoms with Crippen molar-refractivity contribution in [3.8, 4) is 17.1 Å². The van der Waals surface area contributed by atoms with Gasteiger partial charge in [0.2, 0.25) is 0 Å². The van der Waals surface area contributed by atoms with E-state index in [1.165, 1.54) is 11.1 Å². The Morgan fingerprint density at radius 1 is 1.11 bits per heavy atom. The molecule has 4 rings (SSSR count). The first-order chi connectivity index (χ1) is 12.9. The number of nitrogens with zero attached hydrogens (tertiary/aromatic N) is 2. The summed E-state index contributed by atoms with van der Waals surface area (Å²) in [5.74, 6) is 0.950. The van der Waals surface area contributed by atoms with Crippen molar-refractivity contribution in [1.29, 1.82) is 0 Å². The molecule has 0 spiro atoms. The first-order valence-corrected chi connectivity index (χ1v) is 11.2. The summed E-state index contributed by atoms with van der Waals surface area (Å²) >= 11 is 1.71. The smallest absolute Gasteiger partial charge is 0.175 e. The van der Waals surface area contributed by atoms with E-state index in [-0.39, 0.29) is 10.6 Å². The molecule has 2 aromatic heterocycles. The number of aryl methyl sites for hydroxylation is 2. The second kappa shape index (κ2) is 6.83. The Morgan fingerprint density at radius 2 is 1.89 bits per heavy atom. The van der Waals surface area contributed by atoms with Crippen LogP contribution >= 0.6 is 11.3 Å². The molecule has 0 radical (unpaired) electrons. The van der Waals surface area contributed by atoms with Crippen LogP contribution in [0.4, 0.5) is 0 Å². The van der Waals surface area contributed by atoms with E-state index in [0.717, 1.165) is 28.8 Å². The number of rotatable bonds is 5. The summed E-state index contributed by atoms with van der Waals surface area (Å²) in [6, 6.07) is 16.0. The summed E-state index contributed by atoms with van der Waals surface area (Å²) in [5.41, 5.74) is 2.49. The number of phenolic OH excluding ortho intramolecular Hbond substituents is 1. The second-order valence-corrected chi connectivity index (χ2v) is 9.43. The van der Waals surface area contributed by atoms with E-state index in [9.17, 15) is 13.5 Å². The molecule has 0 saturated carbocycles. The van der Waals surface area contributed by atoms with Crippen LogP contribution in [0.2, 0.25) is 0 Å². The molecule has 0 unspecified atom stereocenters. The van der Waals surface area contributed by atoms with Crippen molar-refractivity contribution in [2.24, 2.45) is 0 Å². The average molecular weight is 399 g/mol. The van der Waals surface area contributed by atoms with Gasteiger partial charge in [-0.15, -0.1) is 11.3 Å². The fraction of sp³-hybridized carbons (Fsp3) is 0.150. The van der Waals surface area contributed by atoms with Gasteiger partial charge in [-0.25, -0.2) is 13.4 Å². The number of imidazole rings is 1. The van der Waals surface area contributed by atoms with Gasteiger partial charge in [0.15, 0.2) is 9.84 Å². The molecule has 138 valence electrons. The Labute approximate surface area is 161 Å². The van der Waals surface area contributed by atoms with Gasteiger partial charge >= 0.3 is 0 Å². The Kier molecular flexibility index (Phi) is 4.49. The van der Waals surface area contributed by atoms with Gasteiger partial charge in [0.05, 0.1) is 15.9 Å². The van der Waals surface area contributed by atoms with Crippen molar-refractivity contribution in [2.45, 2.75) is 17.9 Å². The van der Waals surface area contributed by atoms with Crippen LogP contribution in [0.1, 0.15) is 4.88 Å². The molecule has 0 aliphatic heterocycles. The maximum Gasteiger partial charge on any atom is 0.175 e. The molecule has 5 nitrogen and oxygen atoms in total. The summed E-state index contributed by atoms with van der Waals surface area (Å²) in [7, 11) is -3.24. The third-order valence-electron chi connectivity index (χ3n) is 4.43. The SMILES string of the molecule is CS(=O)(=O)c1ccc(-c2nc3ccc(O)cc3n2CCc2cccs2)cc1. The molecule has 0 bridgehead atoms. The van der Waals surface area contributed by atoms with E-state index in [2.05, 4.69) is 16.0 Å². The summed E-state index contributed by atoms with van der Waals surface area (Å²) in [4.78, 5) is 6.28. The maximum atomic E-state index is 11.7. The fourth-order valence-electron chi connectivity index (χ4n) is 3.09. The molecule has 0 amide bonds. The van der Waals surface area contributed by atoms with Crippen molar-refractivity contribution >= 4 is 32.2 Å². The van der Waals surface area contributed by atoms with Crippen LogP contribution in [0, 0.1) is 0 Å². The molecule has 1 N–H and O–H groups in total. The summed E-state index contributed by atoms with van der Waals surface area (Å²) in [6.45, 7) is 0.712. The minimum absolute atomic E-state index is 0.193. The Hall–Kier alpha value is -2.64. The molecular weight excluding hydrogens is 380 g/mol. The van der Waals surface area contributed by atoms with Crippen LogP contribution in [-0.4, -0.2) is 29.3 Å². The highest BCUT2D eigenvalue weighted by atomic mass is 32.2. The minimum Gasteiger partial charge on any atom is -0.508 e. The van der Waals surface area contributed by atoms with E-state index < -0.39 is 9.84 Å². The Bertz CT molecular complexity index is 1190. The van der Waals surface area contributed by atoms with Crippen LogP contribution in [0.25, 0.3) is 22.4 Å². The van der Waals surface area contributed by atoms with Crippen LogP contribution in [-0.2, 0) is 22.8 Å². The zero-order valence-corrected chi connectivity index (χ0v) is 16.3. The van der Waals surface area contributed by atoms with Gasteiger partial charge in [0.1, 0.15) is 11.6 Å². The van der Waals surface area contributed by atoms with Gasteiger partial charge in [-0.2, -0.15) is 0 Å². The predicted octanol–water partition coefficient (Wildman–Crippen LogP) is 4.12. The standard InChI is InChI=1S/C20H18N2O3S2/c1-27(24,25)17-7-4-14(5-8-17)20-21-18-9-6-15(23)13-19(18)22(20)11-10-16-3-2-12-26-16/h2-9,12-13,23H,10-11H2,1H3. The van der Waals surface area contributed by atoms with Crippen LogP contribution in [0.15, 0.2) is 64.9 Å². The quantitative estimate of drug-likeness (QED) is 0.549. The lowest BCUT2D eigenvalue weighted by Crippen LogP contribution is -2.03. The lowest BCUT2D eigenvalue weighted by atomic mass is 10.2. The number of sulfone groups is 1. The second-order valence-electron chi connectivity index (χ2n) is 6.39. The third-order valence-corrected chi connectivity index (χ3v) is 6.50. The highest BCUT2D eigenvalue weighted by Crippen LogP contribution is 2.28. The number of hydrogen-bond donors (Lipinski definition) is 1. The van der Waals surface area contributed by atoms with Crippen LogP contribution in [0.5, 0.6) is 5.75 Å². The van der Waals surface area contributed by atoms with Crippen molar-refractivity contribution in [3.63, 3.8) is 0 Å². The number of aromatic hydroxyl groups is 1. The monoisotopic (exact) mass is 398 g/mol. The first-order valence-electron chi connectivity index (χ1n) is 8.44. The molecule has 27 heavy (non-hydrogen) atoms. The number of benzene rings is 2. The van der Waals surface area contributed by atoms with Gasteiger partial charge in [-0.1, -0.05) is 6.07 Å². The zero-order chi connectivity index (χ0) is 19.0. The van der Waals surface area contributed by atoms with E-state index in [0.29, 0.717) is 6.54 Å². The van der Waals surface area contributed by atoms with E-state index >= 15 is 0 Å². The number of phenols is 1. The highest BCUT2D eigenvalue weighted by Gasteiger charge is 2.15. The first kappa shape index (κ1) is 17.8. The number of aromatic nitrogens is 2. The molecule has 0 aliphatic rings. The molecular formula is C20H18N2O3S2. The van der Waals surface area contributed by atoms with Gasteiger partial charge in [0, 0.05) is 29.3 Å². The van der Waals surface area contributed by atoms with Crippen molar-refractivity contribution in [1.82, 2.24) is 9.55 Å². The summed E-state index contributed by atoms with van der Waals surface area (Å²) in [6.07, 6.45) is 2.05. The van der Waals surface area contributed by atoms with E-state index in [4.69, 9.17) is 4.98 Å². The highest BCUT2D eigenvalue weighted by molar-refractivity contribution is 7.90. The third kappa shape index (κ3) is 3.61. The molecule has 0 fully saturated rings. The lowest BCUT2D eigenvalue weighted by molar-refractivity contribution is 0.476. The molecule has 0 saturated heterocycles. The predicted molar refractivity (Wildman–Crippen MR) is 108 cm³/mol. The summed E-state index contributed by atoms with van der Waals surface area (Å²) < 4.78 is 25.5. The van der Waals surface area contributed by atoms with Crippen molar-refractivity contribution in [2.75, 3.05) is 6.26 Å². The van der Waals surface area contributed by atoms with Crippen molar-refractivity contribution < 1.29 is 13.5 Å². The van der Waals surface area contributed by atoms with Crippen molar-refractivity contribution in [3.05, 3.63) is 64.9 Å². The minimum atomic E-state index is -3.24. The maximum absolute atomic E-state index is 11.7. The average Bonchev–Trinajstić information content (AvgIpc) is 3.26. The van der Waals surface area contributed by atoms with Gasteiger partial charge in [-0.05, 0) is 54.3 Å². The molecule has 2 aromatic carbocycles. The number of hydrogen-bond acceptors (Lipinski definition) is 5. The van der Waals surface area contributed by atoms with Gasteiger partial charge < -0.3 is 9.67 Å². The number of fused-ring (bicyclic) bond motifs is 1. The van der Waals surface area contributed by atoms with Crippen LogP contribution in [0.3, 0.4) is 0 Å². The fourth-order valence-corrected chi connectivity index (χ4v) is 4.41. The van der Waals surface area contributed by atoms with Gasteiger partial charge in [-0.3, -0.25) is 0 Å². The topological polar surface area (TPSA) is 72.2 Å². The Balaban J connectivity index is 1.80. The summed E-state index contributed by atoms with van der Waals surface area (Å²) in [5, 5.41) is 12.0. The lowest BCUT2D eigenvalue weighted by Gasteiger charge is -2.09. The molecule has 7 heteroatoms. The van der Waals surface area contributed by atoms with E-state index in [1.54, 1.807) is 53.8 Å².